The number of carbonyl (C=O) groups excluding carboxylic acids is 1. The average molecular weight is 312 g/mol. The van der Waals surface area contributed by atoms with Crippen LogP contribution in [-0.4, -0.2) is 35.3 Å². The highest BCUT2D eigenvalue weighted by atomic mass is 16.5. The van der Waals surface area contributed by atoms with Crippen molar-refractivity contribution >= 4 is 5.91 Å². The van der Waals surface area contributed by atoms with Crippen LogP contribution in [0.5, 0.6) is 5.75 Å². The monoisotopic (exact) mass is 312 g/mol. The van der Waals surface area contributed by atoms with E-state index in [1.807, 2.05) is 18.2 Å². The van der Waals surface area contributed by atoms with Crippen molar-refractivity contribution in [1.82, 2.24) is 10.3 Å². The van der Waals surface area contributed by atoms with Gasteiger partial charge in [0, 0.05) is 30.9 Å². The van der Waals surface area contributed by atoms with Crippen LogP contribution in [0.1, 0.15) is 29.3 Å². The predicted octanol–water partition coefficient (Wildman–Crippen LogP) is 2.18. The highest BCUT2D eigenvalue weighted by Gasteiger charge is 2.14. The van der Waals surface area contributed by atoms with Crippen molar-refractivity contribution in [3.63, 3.8) is 0 Å². The maximum Gasteiger partial charge on any atom is 0.252 e. The van der Waals surface area contributed by atoms with Crippen molar-refractivity contribution in [2.75, 3.05) is 13.2 Å². The van der Waals surface area contributed by atoms with Crippen LogP contribution in [0.3, 0.4) is 0 Å². The van der Waals surface area contributed by atoms with Crippen molar-refractivity contribution in [1.29, 1.82) is 0 Å². The van der Waals surface area contributed by atoms with Gasteiger partial charge in [-0.25, -0.2) is 0 Å². The molecule has 0 bridgehead atoms. The second-order valence-corrected chi connectivity index (χ2v) is 5.78. The molecule has 1 aliphatic rings. The molecule has 1 atom stereocenters. The molecule has 3 rings (SSSR count). The molecule has 0 fully saturated rings. The number of carbonyl (C=O) groups is 1. The fraction of sp³-hybridized carbons (Fsp3) is 0.333. The van der Waals surface area contributed by atoms with E-state index in [1.54, 1.807) is 19.3 Å². The molecule has 0 saturated heterocycles. The normalized spacial score (nSPS) is 14.0. The van der Waals surface area contributed by atoms with E-state index in [0.717, 1.165) is 29.9 Å². The van der Waals surface area contributed by atoms with Crippen LogP contribution < -0.4 is 10.1 Å². The van der Waals surface area contributed by atoms with Gasteiger partial charge in [0.15, 0.2) is 0 Å². The van der Waals surface area contributed by atoms with Crippen molar-refractivity contribution in [3.8, 4) is 16.9 Å². The average Bonchev–Trinajstić information content (AvgIpc) is 3.02. The van der Waals surface area contributed by atoms with E-state index < -0.39 is 6.10 Å². The molecule has 2 aromatic rings. The topological polar surface area (TPSA) is 71.5 Å². The molecule has 5 nitrogen and oxygen atoms in total. The summed E-state index contributed by atoms with van der Waals surface area (Å²) in [5.41, 5.74) is 3.64. The molecule has 1 unspecified atom stereocenters. The van der Waals surface area contributed by atoms with Gasteiger partial charge in [0.2, 0.25) is 0 Å². The highest BCUT2D eigenvalue weighted by molar-refractivity contribution is 5.95. The Bertz CT molecular complexity index is 713. The molecule has 1 aromatic carbocycles. The molecule has 1 amide bonds. The fourth-order valence-electron chi connectivity index (χ4n) is 2.58. The lowest BCUT2D eigenvalue weighted by Gasteiger charge is -2.08. The first-order valence-electron chi connectivity index (χ1n) is 7.81. The molecule has 2 N–H and O–H groups in total. The first-order chi connectivity index (χ1) is 11.1. The van der Waals surface area contributed by atoms with Gasteiger partial charge in [0.25, 0.3) is 5.91 Å². The number of hydrogen-bond donors (Lipinski definition) is 2. The number of amides is 1. The maximum absolute atomic E-state index is 12.1. The first kappa shape index (κ1) is 15.5. The van der Waals surface area contributed by atoms with Crippen LogP contribution in [-0.2, 0) is 6.42 Å². The number of pyridine rings is 1. The van der Waals surface area contributed by atoms with Crippen LogP contribution in [0.15, 0.2) is 36.7 Å². The molecule has 0 radical (unpaired) electrons. The van der Waals surface area contributed by atoms with Crippen LogP contribution >= 0.6 is 0 Å². The Labute approximate surface area is 135 Å². The van der Waals surface area contributed by atoms with E-state index in [0.29, 0.717) is 18.5 Å². The van der Waals surface area contributed by atoms with Crippen molar-refractivity contribution < 1.29 is 14.6 Å². The number of aliphatic hydroxyl groups is 1. The number of aliphatic hydroxyl groups excluding tert-OH is 1. The lowest BCUT2D eigenvalue weighted by Crippen LogP contribution is -2.26. The molecule has 23 heavy (non-hydrogen) atoms. The highest BCUT2D eigenvalue weighted by Crippen LogP contribution is 2.30. The van der Waals surface area contributed by atoms with Crippen LogP contribution in [0, 0.1) is 0 Å². The quantitative estimate of drug-likeness (QED) is 0.888. The minimum Gasteiger partial charge on any atom is -0.493 e. The van der Waals surface area contributed by atoms with Gasteiger partial charge in [0.05, 0.1) is 18.3 Å². The van der Waals surface area contributed by atoms with Gasteiger partial charge >= 0.3 is 0 Å². The number of rotatable bonds is 5. The molecule has 0 spiro atoms. The van der Waals surface area contributed by atoms with Crippen LogP contribution in [0.4, 0.5) is 0 Å². The number of hydrogen-bond acceptors (Lipinski definition) is 4. The zero-order valence-corrected chi connectivity index (χ0v) is 13.1. The second-order valence-electron chi connectivity index (χ2n) is 5.78. The number of aromatic nitrogens is 1. The van der Waals surface area contributed by atoms with Gasteiger partial charge in [-0.05, 0) is 42.7 Å². The van der Waals surface area contributed by atoms with E-state index in [1.165, 1.54) is 5.56 Å². The Morgan fingerprint density at radius 2 is 2.22 bits per heavy atom. The maximum atomic E-state index is 12.1. The van der Waals surface area contributed by atoms with Gasteiger partial charge in [-0.1, -0.05) is 6.07 Å². The molecule has 0 aliphatic carbocycles. The van der Waals surface area contributed by atoms with Crippen molar-refractivity contribution in [2.24, 2.45) is 0 Å². The van der Waals surface area contributed by atoms with E-state index >= 15 is 0 Å². The molecular formula is C18H20N2O3. The molecule has 0 saturated carbocycles. The van der Waals surface area contributed by atoms with E-state index in [4.69, 9.17) is 4.74 Å². The largest absolute Gasteiger partial charge is 0.493 e. The third-order valence-corrected chi connectivity index (χ3v) is 3.87. The zero-order chi connectivity index (χ0) is 16.2. The zero-order valence-electron chi connectivity index (χ0n) is 13.1. The van der Waals surface area contributed by atoms with Gasteiger partial charge in [-0.15, -0.1) is 0 Å². The number of benzene rings is 1. The predicted molar refractivity (Wildman–Crippen MR) is 87.5 cm³/mol. The molecular weight excluding hydrogens is 292 g/mol. The summed E-state index contributed by atoms with van der Waals surface area (Å²) in [6.07, 6.45) is 4.33. The summed E-state index contributed by atoms with van der Waals surface area (Å²) in [5.74, 6) is 0.762. The molecule has 5 heteroatoms. The molecule has 120 valence electrons. The minimum absolute atomic E-state index is 0.176. The number of ether oxygens (including phenoxy) is 1. The Hall–Kier alpha value is -2.40. The van der Waals surface area contributed by atoms with E-state index in [-0.39, 0.29) is 5.91 Å². The fourth-order valence-corrected chi connectivity index (χ4v) is 2.58. The van der Waals surface area contributed by atoms with Crippen molar-refractivity contribution in [3.05, 3.63) is 47.8 Å². The Morgan fingerprint density at radius 1 is 1.35 bits per heavy atom. The molecule has 1 aliphatic heterocycles. The third kappa shape index (κ3) is 3.68. The second kappa shape index (κ2) is 6.79. The van der Waals surface area contributed by atoms with E-state index in [2.05, 4.69) is 16.4 Å². The van der Waals surface area contributed by atoms with Gasteiger partial charge in [-0.3, -0.25) is 9.78 Å². The van der Waals surface area contributed by atoms with Gasteiger partial charge in [0.1, 0.15) is 5.75 Å². The lowest BCUT2D eigenvalue weighted by molar-refractivity contribution is 0.0945. The summed E-state index contributed by atoms with van der Waals surface area (Å²) in [5, 5.41) is 12.0. The first-order valence-corrected chi connectivity index (χ1v) is 7.81. The standard InChI is InChI=1S/C18H20N2O3/c1-12(21)4-6-20-18(22)16-9-15(10-19-11-16)13-2-3-17-14(8-13)5-7-23-17/h2-3,8-12,21H,4-7H2,1H3,(H,20,22). The Balaban J connectivity index is 1.76. The summed E-state index contributed by atoms with van der Waals surface area (Å²) in [4.78, 5) is 16.3. The SMILES string of the molecule is CC(O)CCNC(=O)c1cncc(-c2ccc3c(c2)CCO3)c1. The number of nitrogens with zero attached hydrogens (tertiary/aromatic N) is 1. The third-order valence-electron chi connectivity index (χ3n) is 3.87. The Kier molecular flexibility index (Phi) is 4.57. The number of nitrogens with one attached hydrogen (secondary N) is 1. The molecule has 2 heterocycles. The van der Waals surface area contributed by atoms with E-state index in [9.17, 15) is 9.90 Å². The summed E-state index contributed by atoms with van der Waals surface area (Å²) in [6, 6.07) is 7.88. The minimum atomic E-state index is -0.423. The Morgan fingerprint density at radius 3 is 3.04 bits per heavy atom. The van der Waals surface area contributed by atoms with Crippen LogP contribution in [0.25, 0.3) is 11.1 Å². The summed E-state index contributed by atoms with van der Waals surface area (Å²) in [7, 11) is 0. The summed E-state index contributed by atoms with van der Waals surface area (Å²) < 4.78 is 5.51. The summed E-state index contributed by atoms with van der Waals surface area (Å²) >= 11 is 0. The van der Waals surface area contributed by atoms with Gasteiger partial charge < -0.3 is 15.2 Å². The van der Waals surface area contributed by atoms with Crippen LogP contribution in [0.2, 0.25) is 0 Å². The smallest absolute Gasteiger partial charge is 0.252 e. The molecule has 1 aromatic heterocycles. The van der Waals surface area contributed by atoms with Gasteiger partial charge in [-0.2, -0.15) is 0 Å². The van der Waals surface area contributed by atoms with Crippen molar-refractivity contribution in [2.45, 2.75) is 25.9 Å². The summed E-state index contributed by atoms with van der Waals surface area (Å²) in [6.45, 7) is 2.87. The lowest BCUT2D eigenvalue weighted by atomic mass is 10.0. The number of fused-ring (bicyclic) bond motifs is 1.